The predicted molar refractivity (Wildman–Crippen MR) is 114 cm³/mol. The Morgan fingerprint density at radius 2 is 1.83 bits per heavy atom. The molecule has 2 aromatic rings. The van der Waals surface area contributed by atoms with Crippen molar-refractivity contribution in [3.8, 4) is 5.75 Å². The molecule has 2 aromatic carbocycles. The molecule has 29 heavy (non-hydrogen) atoms. The number of rotatable bonds is 6. The first-order valence-electron chi connectivity index (χ1n) is 9.14. The van der Waals surface area contributed by atoms with E-state index in [1.54, 1.807) is 36.4 Å². The number of benzene rings is 2. The topological polar surface area (TPSA) is 86.7 Å². The van der Waals surface area contributed by atoms with Crippen LogP contribution in [0.5, 0.6) is 5.75 Å². The van der Waals surface area contributed by atoms with Gasteiger partial charge in [0.2, 0.25) is 0 Å². The third kappa shape index (κ3) is 5.26. The van der Waals surface area contributed by atoms with Crippen molar-refractivity contribution in [2.45, 2.75) is 39.2 Å². The summed E-state index contributed by atoms with van der Waals surface area (Å²) in [7, 11) is 0. The Morgan fingerprint density at radius 3 is 2.45 bits per heavy atom. The first-order valence-corrected chi connectivity index (χ1v) is 11.2. The zero-order valence-electron chi connectivity index (χ0n) is 16.5. The molecule has 0 aliphatic carbocycles. The molecule has 0 N–H and O–H groups in total. The fourth-order valence-corrected chi connectivity index (χ4v) is 4.21. The Kier molecular flexibility index (Phi) is 6.45. The number of nitrogens with zero attached hydrogens (tertiary/aromatic N) is 1. The fourth-order valence-electron chi connectivity index (χ4n) is 3.13. The van der Waals surface area contributed by atoms with E-state index in [9.17, 15) is 18.4 Å². The number of Topliss-reactive ketones (excluding diaryl/α,β-unsaturated/α-hetero) is 1. The number of ether oxygens (including phenoxy) is 1. The van der Waals surface area contributed by atoms with Crippen LogP contribution < -0.4 is 9.04 Å². The van der Waals surface area contributed by atoms with Crippen LogP contribution in [-0.4, -0.2) is 31.0 Å². The minimum atomic E-state index is -2.54. The van der Waals surface area contributed by atoms with Crippen molar-refractivity contribution >= 4 is 45.3 Å². The van der Waals surface area contributed by atoms with Crippen molar-refractivity contribution < 1.29 is 23.1 Å². The van der Waals surface area contributed by atoms with E-state index in [1.165, 1.54) is 11.2 Å². The summed E-state index contributed by atoms with van der Waals surface area (Å²) in [6.07, 6.45) is 1.65. The highest BCUT2D eigenvalue weighted by molar-refractivity contribution is 8.14. The molecule has 0 fully saturated rings. The molecule has 1 heterocycles. The Morgan fingerprint density at radius 1 is 1.17 bits per heavy atom. The number of hydrogen-bond acceptors (Lipinski definition) is 6. The van der Waals surface area contributed by atoms with Gasteiger partial charge in [0.25, 0.3) is 0 Å². The number of carbonyl (C=O) groups is 2. The van der Waals surface area contributed by atoms with Crippen molar-refractivity contribution in [2.24, 2.45) is 0 Å². The van der Waals surface area contributed by atoms with Crippen LogP contribution in [-0.2, 0) is 22.5 Å². The normalized spacial score (nSPS) is 15.7. The molecule has 1 atom stereocenters. The van der Waals surface area contributed by atoms with Crippen molar-refractivity contribution in [2.75, 3.05) is 10.1 Å². The summed E-state index contributed by atoms with van der Waals surface area (Å²) in [5.74, 6) is 0.651. The summed E-state index contributed by atoms with van der Waals surface area (Å²) in [5.41, 5.74) is 2.08. The number of carbonyl (C=O) groups excluding carboxylic acids is 2. The van der Waals surface area contributed by atoms with Gasteiger partial charge in [-0.15, -0.1) is 0 Å². The summed E-state index contributed by atoms with van der Waals surface area (Å²) >= 11 is -1.59. The molecule has 154 valence electrons. The van der Waals surface area contributed by atoms with Crippen LogP contribution in [0.2, 0.25) is 0 Å². The largest absolute Gasteiger partial charge is 0.755 e. The molecule has 1 aliphatic heterocycles. The lowest BCUT2D eigenvalue weighted by molar-refractivity contribution is -0.109. The van der Waals surface area contributed by atoms with Crippen molar-refractivity contribution in [1.29, 1.82) is 0 Å². The molecule has 0 amide bonds. The average molecular weight is 433 g/mol. The standard InChI is InChI=1S/C21H23NO5S2/c1-14(23)28-13-19(24)15-4-6-17(7-5-15)22(29(25)26)18-8-9-20-16(12-18)10-11-21(2,3)27-20/h4-9,12H,10-11,13H2,1-3H3,(H,25,26)/p-1. The SMILES string of the molecule is CC(=O)SCC(=O)c1ccc(N(c2ccc3c(c2)CCC(C)(C)O3)S(=O)[O-])cc1. The second-order valence-corrected chi connectivity index (χ2v) is 9.37. The number of thioether (sulfide) groups is 1. The highest BCUT2D eigenvalue weighted by atomic mass is 32.2. The Balaban J connectivity index is 1.85. The molecule has 6 nitrogen and oxygen atoms in total. The van der Waals surface area contributed by atoms with E-state index < -0.39 is 11.3 Å². The van der Waals surface area contributed by atoms with Crippen molar-refractivity contribution in [1.82, 2.24) is 0 Å². The molecule has 0 spiro atoms. The minimum Gasteiger partial charge on any atom is -0.755 e. The first-order chi connectivity index (χ1) is 13.7. The van der Waals surface area contributed by atoms with Gasteiger partial charge in [0, 0.05) is 12.5 Å². The van der Waals surface area contributed by atoms with Gasteiger partial charge < -0.3 is 9.29 Å². The van der Waals surface area contributed by atoms with Gasteiger partial charge in [-0.05, 0) is 74.7 Å². The van der Waals surface area contributed by atoms with Crippen molar-refractivity contribution in [3.05, 3.63) is 53.6 Å². The van der Waals surface area contributed by atoms with Crippen LogP contribution in [0.25, 0.3) is 0 Å². The molecule has 0 saturated heterocycles. The van der Waals surface area contributed by atoms with Crippen LogP contribution in [0.1, 0.15) is 43.1 Å². The summed E-state index contributed by atoms with van der Waals surface area (Å²) in [6.45, 7) is 5.47. The third-order valence-corrected chi connectivity index (χ3v) is 6.17. The van der Waals surface area contributed by atoms with Gasteiger partial charge in [-0.1, -0.05) is 11.8 Å². The van der Waals surface area contributed by atoms with Gasteiger partial charge in [0.1, 0.15) is 11.4 Å². The summed E-state index contributed by atoms with van der Waals surface area (Å²) in [6, 6.07) is 11.6. The highest BCUT2D eigenvalue weighted by Crippen LogP contribution is 2.37. The first kappa shape index (κ1) is 21.5. The van der Waals surface area contributed by atoms with E-state index in [-0.39, 0.29) is 22.3 Å². The Labute approximate surface area is 177 Å². The molecule has 0 aromatic heterocycles. The van der Waals surface area contributed by atoms with E-state index >= 15 is 0 Å². The van der Waals surface area contributed by atoms with Crippen LogP contribution in [0, 0.1) is 0 Å². The maximum absolute atomic E-state index is 12.1. The van der Waals surface area contributed by atoms with Crippen LogP contribution >= 0.6 is 11.8 Å². The number of aryl methyl sites for hydroxylation is 1. The lowest BCUT2D eigenvalue weighted by Gasteiger charge is -2.34. The van der Waals surface area contributed by atoms with Gasteiger partial charge in [0.15, 0.2) is 10.9 Å². The van der Waals surface area contributed by atoms with Crippen LogP contribution in [0.4, 0.5) is 11.4 Å². The molecule has 1 unspecified atom stereocenters. The second-order valence-electron chi connectivity index (χ2n) is 7.42. The molecule has 0 radical (unpaired) electrons. The minimum absolute atomic E-state index is 0.0626. The predicted octanol–water partition coefficient (Wildman–Crippen LogP) is 4.18. The number of fused-ring (bicyclic) bond motifs is 1. The van der Waals surface area contributed by atoms with Gasteiger partial charge in [0.05, 0.1) is 28.4 Å². The van der Waals surface area contributed by atoms with Crippen LogP contribution in [0.3, 0.4) is 0 Å². The summed E-state index contributed by atoms with van der Waals surface area (Å²) in [4.78, 5) is 23.1. The molecule has 1 aliphatic rings. The van der Waals surface area contributed by atoms with Gasteiger partial charge in [-0.25, -0.2) is 0 Å². The smallest absolute Gasteiger partial charge is 0.186 e. The van der Waals surface area contributed by atoms with Crippen LogP contribution in [0.15, 0.2) is 42.5 Å². The van der Waals surface area contributed by atoms with E-state index in [2.05, 4.69) is 0 Å². The summed E-state index contributed by atoms with van der Waals surface area (Å²) < 4.78 is 31.1. The third-order valence-electron chi connectivity index (χ3n) is 4.64. The second kappa shape index (κ2) is 8.69. The zero-order chi connectivity index (χ0) is 21.2. The molecule has 8 heteroatoms. The number of ketones is 1. The quantitative estimate of drug-likeness (QED) is 0.503. The van der Waals surface area contributed by atoms with E-state index in [0.717, 1.165) is 35.9 Å². The Hall–Kier alpha value is -2.16. The highest BCUT2D eigenvalue weighted by Gasteiger charge is 2.27. The van der Waals surface area contributed by atoms with E-state index in [1.807, 2.05) is 19.9 Å². The lowest BCUT2D eigenvalue weighted by Crippen LogP contribution is -2.32. The molecular formula is C21H22NO5S2-. The molecule has 0 bridgehead atoms. The fraction of sp³-hybridized carbons (Fsp3) is 0.333. The molecular weight excluding hydrogens is 410 g/mol. The Bertz CT molecular complexity index is 956. The van der Waals surface area contributed by atoms with E-state index in [4.69, 9.17) is 4.74 Å². The average Bonchev–Trinajstić information content (AvgIpc) is 2.66. The number of anilines is 2. The monoisotopic (exact) mass is 432 g/mol. The van der Waals surface area contributed by atoms with Gasteiger partial charge >= 0.3 is 0 Å². The van der Waals surface area contributed by atoms with E-state index in [0.29, 0.717) is 16.9 Å². The zero-order valence-corrected chi connectivity index (χ0v) is 18.1. The molecule has 3 rings (SSSR count). The van der Waals surface area contributed by atoms with Gasteiger partial charge in [-0.3, -0.25) is 18.1 Å². The summed E-state index contributed by atoms with van der Waals surface area (Å²) in [5, 5.41) is -0.123. The maximum atomic E-state index is 12.1. The van der Waals surface area contributed by atoms with Gasteiger partial charge in [-0.2, -0.15) is 0 Å². The number of hydrogen-bond donors (Lipinski definition) is 0. The van der Waals surface area contributed by atoms with Crippen molar-refractivity contribution in [3.63, 3.8) is 0 Å². The maximum Gasteiger partial charge on any atom is 0.186 e. The molecule has 0 saturated carbocycles. The lowest BCUT2D eigenvalue weighted by atomic mass is 9.94.